The van der Waals surface area contributed by atoms with Gasteiger partial charge in [-0.25, -0.2) is 0 Å². The summed E-state index contributed by atoms with van der Waals surface area (Å²) < 4.78 is 0. The minimum Gasteiger partial charge on any atom is -0.360 e. The van der Waals surface area contributed by atoms with Gasteiger partial charge in [-0.2, -0.15) is 9.97 Å². The predicted octanol–water partition coefficient (Wildman–Crippen LogP) is 3.83. The molecule has 0 unspecified atom stereocenters. The third-order valence-electron chi connectivity index (χ3n) is 5.93. The Labute approximate surface area is 177 Å². The molecule has 1 aromatic heterocycles. The van der Waals surface area contributed by atoms with Crippen molar-refractivity contribution in [3.05, 3.63) is 41.5 Å². The highest BCUT2D eigenvalue weighted by Crippen LogP contribution is 2.30. The third kappa shape index (κ3) is 4.45. The van der Waals surface area contributed by atoms with Gasteiger partial charge >= 0.3 is 0 Å². The summed E-state index contributed by atoms with van der Waals surface area (Å²) in [5, 5.41) is 7.19. The van der Waals surface area contributed by atoms with Crippen LogP contribution in [0.5, 0.6) is 0 Å². The minimum atomic E-state index is 0.511. The van der Waals surface area contributed by atoms with Gasteiger partial charge in [0, 0.05) is 38.3 Å². The van der Waals surface area contributed by atoms with E-state index in [2.05, 4.69) is 50.8 Å². The first-order valence-electron chi connectivity index (χ1n) is 10.8. The number of rotatable bonds is 4. The lowest BCUT2D eigenvalue weighted by Gasteiger charge is -2.25. The Morgan fingerprint density at radius 3 is 2.14 bits per heavy atom. The van der Waals surface area contributed by atoms with Gasteiger partial charge in [0.15, 0.2) is 5.11 Å². The van der Waals surface area contributed by atoms with E-state index in [0.29, 0.717) is 17.1 Å². The van der Waals surface area contributed by atoms with Crippen LogP contribution >= 0.6 is 12.2 Å². The van der Waals surface area contributed by atoms with Crippen LogP contribution in [0.15, 0.2) is 30.3 Å². The lowest BCUT2D eigenvalue weighted by molar-refractivity contribution is 0.726. The van der Waals surface area contributed by atoms with Crippen LogP contribution in [0.3, 0.4) is 0 Å². The lowest BCUT2D eigenvalue weighted by atomic mass is 10.1. The summed E-state index contributed by atoms with van der Waals surface area (Å²) in [6, 6.07) is 11.3. The number of fused-ring (bicyclic) bond motifs is 1. The van der Waals surface area contributed by atoms with Gasteiger partial charge in [-0.15, -0.1) is 0 Å². The SMILES string of the molecule is S=C(Nc1nc(N2CCCCCC2)cc(N2Cc3ccccc3C2)n1)NC1CC1. The molecule has 2 aliphatic heterocycles. The van der Waals surface area contributed by atoms with Gasteiger partial charge < -0.3 is 20.4 Å². The zero-order valence-electron chi connectivity index (χ0n) is 16.7. The second-order valence-corrected chi connectivity index (χ2v) is 8.71. The molecule has 1 saturated carbocycles. The number of anilines is 3. The molecular formula is C22H28N6S. The highest BCUT2D eigenvalue weighted by molar-refractivity contribution is 7.80. The normalized spacial score (nSPS) is 18.9. The van der Waals surface area contributed by atoms with Crippen molar-refractivity contribution in [1.29, 1.82) is 0 Å². The Bertz CT molecular complexity index is 864. The number of hydrogen-bond donors (Lipinski definition) is 2. The van der Waals surface area contributed by atoms with Crippen LogP contribution in [0.1, 0.15) is 49.7 Å². The molecule has 1 aliphatic carbocycles. The van der Waals surface area contributed by atoms with Crippen LogP contribution in [0, 0.1) is 0 Å². The van der Waals surface area contributed by atoms with E-state index in [4.69, 9.17) is 22.2 Å². The molecule has 0 spiro atoms. The molecule has 6 nitrogen and oxygen atoms in total. The smallest absolute Gasteiger partial charge is 0.232 e. The molecule has 0 atom stereocenters. The van der Waals surface area contributed by atoms with E-state index in [-0.39, 0.29) is 0 Å². The van der Waals surface area contributed by atoms with Gasteiger partial charge in [-0.05, 0) is 49.0 Å². The zero-order valence-corrected chi connectivity index (χ0v) is 17.5. The number of benzene rings is 1. The van der Waals surface area contributed by atoms with Crippen molar-refractivity contribution in [2.45, 2.75) is 57.7 Å². The van der Waals surface area contributed by atoms with E-state index in [1.807, 2.05) is 0 Å². The summed E-state index contributed by atoms with van der Waals surface area (Å²) >= 11 is 5.48. The van der Waals surface area contributed by atoms with Gasteiger partial charge in [-0.3, -0.25) is 0 Å². The Morgan fingerprint density at radius 1 is 0.897 bits per heavy atom. The first-order valence-corrected chi connectivity index (χ1v) is 11.2. The molecular weight excluding hydrogens is 380 g/mol. The van der Waals surface area contributed by atoms with E-state index in [1.54, 1.807) is 0 Å². The van der Waals surface area contributed by atoms with Crippen molar-refractivity contribution >= 4 is 34.9 Å². The first-order chi connectivity index (χ1) is 14.2. The number of thiocarbonyl (C=S) groups is 1. The van der Waals surface area contributed by atoms with Crippen molar-refractivity contribution in [3.8, 4) is 0 Å². The van der Waals surface area contributed by atoms with Crippen LogP contribution in [0.4, 0.5) is 17.6 Å². The molecule has 0 radical (unpaired) electrons. The summed E-state index contributed by atoms with van der Waals surface area (Å²) in [7, 11) is 0. The Balaban J connectivity index is 1.42. The lowest BCUT2D eigenvalue weighted by Crippen LogP contribution is -2.32. The predicted molar refractivity (Wildman–Crippen MR) is 121 cm³/mol. The maximum absolute atomic E-state index is 5.48. The fourth-order valence-corrected chi connectivity index (χ4v) is 4.41. The van der Waals surface area contributed by atoms with Crippen molar-refractivity contribution in [1.82, 2.24) is 15.3 Å². The highest BCUT2D eigenvalue weighted by Gasteiger charge is 2.24. The maximum atomic E-state index is 5.48. The first kappa shape index (κ1) is 18.6. The largest absolute Gasteiger partial charge is 0.360 e. The van der Waals surface area contributed by atoms with Crippen molar-refractivity contribution in [3.63, 3.8) is 0 Å². The molecule has 152 valence electrons. The van der Waals surface area contributed by atoms with E-state index < -0.39 is 0 Å². The molecule has 2 aromatic rings. The zero-order chi connectivity index (χ0) is 19.6. The second-order valence-electron chi connectivity index (χ2n) is 8.31. The van der Waals surface area contributed by atoms with E-state index in [0.717, 1.165) is 37.8 Å². The topological polar surface area (TPSA) is 56.3 Å². The quantitative estimate of drug-likeness (QED) is 0.746. The van der Waals surface area contributed by atoms with E-state index in [1.165, 1.54) is 49.7 Å². The molecule has 2 N–H and O–H groups in total. The Kier molecular flexibility index (Phi) is 5.23. The molecule has 3 heterocycles. The van der Waals surface area contributed by atoms with Crippen molar-refractivity contribution < 1.29 is 0 Å². The van der Waals surface area contributed by atoms with Crippen molar-refractivity contribution in [2.24, 2.45) is 0 Å². The van der Waals surface area contributed by atoms with Gasteiger partial charge in [0.1, 0.15) is 11.6 Å². The second kappa shape index (κ2) is 8.14. The standard InChI is InChI=1S/C22H28N6S/c29-22(23-18-9-10-18)26-21-24-19(27-11-5-1-2-6-12-27)13-20(25-21)28-14-16-7-3-4-8-17(16)15-28/h3-4,7-8,13,18H,1-2,5-6,9-12,14-15H2,(H2,23,24,25,26,29). The van der Waals surface area contributed by atoms with Gasteiger partial charge in [0.05, 0.1) is 0 Å². The minimum absolute atomic E-state index is 0.511. The maximum Gasteiger partial charge on any atom is 0.232 e. The molecule has 0 amide bonds. The molecule has 0 bridgehead atoms. The summed E-state index contributed by atoms with van der Waals surface area (Å²) in [5.41, 5.74) is 2.76. The van der Waals surface area contributed by atoms with Crippen LogP contribution in [0.25, 0.3) is 0 Å². The fourth-order valence-electron chi connectivity index (χ4n) is 4.15. The molecule has 3 aliphatic rings. The molecule has 1 saturated heterocycles. The van der Waals surface area contributed by atoms with Crippen LogP contribution in [0.2, 0.25) is 0 Å². The molecule has 1 aromatic carbocycles. The van der Waals surface area contributed by atoms with Crippen molar-refractivity contribution in [2.75, 3.05) is 28.2 Å². The monoisotopic (exact) mass is 408 g/mol. The average molecular weight is 409 g/mol. The average Bonchev–Trinajstić information content (AvgIpc) is 3.48. The van der Waals surface area contributed by atoms with Gasteiger partial charge in [0.2, 0.25) is 5.95 Å². The molecule has 7 heteroatoms. The molecule has 29 heavy (non-hydrogen) atoms. The van der Waals surface area contributed by atoms with Crippen LogP contribution < -0.4 is 20.4 Å². The molecule has 2 fully saturated rings. The van der Waals surface area contributed by atoms with Crippen LogP contribution in [-0.2, 0) is 13.1 Å². The number of nitrogens with zero attached hydrogens (tertiary/aromatic N) is 4. The fraction of sp³-hybridized carbons (Fsp3) is 0.500. The number of hydrogen-bond acceptors (Lipinski definition) is 5. The Morgan fingerprint density at radius 2 is 1.52 bits per heavy atom. The van der Waals surface area contributed by atoms with E-state index >= 15 is 0 Å². The van der Waals surface area contributed by atoms with Crippen LogP contribution in [-0.4, -0.2) is 34.2 Å². The summed E-state index contributed by atoms with van der Waals surface area (Å²) in [5.74, 6) is 2.56. The third-order valence-corrected chi connectivity index (χ3v) is 6.15. The number of aromatic nitrogens is 2. The summed E-state index contributed by atoms with van der Waals surface area (Å²) in [4.78, 5) is 14.4. The molecule has 5 rings (SSSR count). The number of nitrogens with one attached hydrogen (secondary N) is 2. The van der Waals surface area contributed by atoms with E-state index in [9.17, 15) is 0 Å². The van der Waals surface area contributed by atoms with Gasteiger partial charge in [0.25, 0.3) is 0 Å². The summed E-state index contributed by atoms with van der Waals surface area (Å²) in [6.45, 7) is 3.88. The van der Waals surface area contributed by atoms with Gasteiger partial charge in [-0.1, -0.05) is 37.1 Å². The Hall–Kier alpha value is -2.41. The highest BCUT2D eigenvalue weighted by atomic mass is 32.1. The summed E-state index contributed by atoms with van der Waals surface area (Å²) in [6.07, 6.45) is 7.42.